The summed E-state index contributed by atoms with van der Waals surface area (Å²) < 4.78 is 4.85. The van der Waals surface area contributed by atoms with Gasteiger partial charge in [0.15, 0.2) is 0 Å². The molecule has 2 nitrogen and oxygen atoms in total. The first-order valence-corrected chi connectivity index (χ1v) is 5.87. The number of rotatable bonds is 7. The van der Waals surface area contributed by atoms with Crippen LogP contribution in [-0.2, 0) is 9.53 Å². The Hall–Kier alpha value is -1.05. The van der Waals surface area contributed by atoms with E-state index in [1.807, 2.05) is 6.92 Å². The van der Waals surface area contributed by atoms with Crippen LogP contribution in [0.15, 0.2) is 24.3 Å². The Bertz CT molecular complexity index is 262. The molecule has 2 heteroatoms. The molecule has 0 aromatic carbocycles. The predicted octanol–water partition coefficient (Wildman–Crippen LogP) is 3.88. The number of hydrogen-bond donors (Lipinski definition) is 0. The zero-order chi connectivity index (χ0) is 12.6. The summed E-state index contributed by atoms with van der Waals surface area (Å²) in [6.45, 7) is 9.94. The van der Waals surface area contributed by atoms with Crippen LogP contribution in [0.3, 0.4) is 0 Å². The van der Waals surface area contributed by atoms with E-state index in [4.69, 9.17) is 4.74 Å². The van der Waals surface area contributed by atoms with E-state index in [-0.39, 0.29) is 5.97 Å². The molecule has 0 heterocycles. The van der Waals surface area contributed by atoms with Crippen molar-refractivity contribution in [1.82, 2.24) is 0 Å². The van der Waals surface area contributed by atoms with Gasteiger partial charge in [-0.15, -0.1) is 6.58 Å². The number of carbonyl (C=O) groups excluding carboxylic acids is 1. The van der Waals surface area contributed by atoms with Crippen LogP contribution < -0.4 is 0 Å². The fourth-order valence-electron chi connectivity index (χ4n) is 1.76. The van der Waals surface area contributed by atoms with Crippen molar-refractivity contribution in [2.75, 3.05) is 7.11 Å². The lowest BCUT2D eigenvalue weighted by Gasteiger charge is -2.25. The van der Waals surface area contributed by atoms with Crippen molar-refractivity contribution >= 4 is 5.97 Å². The molecule has 0 aliphatic heterocycles. The SMILES string of the molecule is C=CC(CC)(CCCC=C(C)C)C(=O)OC. The quantitative estimate of drug-likeness (QED) is 0.373. The molecule has 92 valence electrons. The summed E-state index contributed by atoms with van der Waals surface area (Å²) in [5.74, 6) is -0.165. The van der Waals surface area contributed by atoms with Crippen LogP contribution in [-0.4, -0.2) is 13.1 Å². The normalized spacial score (nSPS) is 13.8. The number of carbonyl (C=O) groups is 1. The van der Waals surface area contributed by atoms with Crippen LogP contribution in [0.2, 0.25) is 0 Å². The molecule has 0 amide bonds. The fraction of sp³-hybridized carbons (Fsp3) is 0.643. The molecule has 0 saturated heterocycles. The van der Waals surface area contributed by atoms with Gasteiger partial charge >= 0.3 is 5.97 Å². The zero-order valence-corrected chi connectivity index (χ0v) is 11.0. The van der Waals surface area contributed by atoms with E-state index in [9.17, 15) is 4.79 Å². The predicted molar refractivity (Wildman–Crippen MR) is 68.2 cm³/mol. The zero-order valence-electron chi connectivity index (χ0n) is 11.0. The Morgan fingerprint density at radius 1 is 1.44 bits per heavy atom. The third-order valence-corrected chi connectivity index (χ3v) is 2.99. The largest absolute Gasteiger partial charge is 0.468 e. The van der Waals surface area contributed by atoms with Crippen molar-refractivity contribution in [1.29, 1.82) is 0 Å². The Balaban J connectivity index is 4.39. The monoisotopic (exact) mass is 224 g/mol. The highest BCUT2D eigenvalue weighted by atomic mass is 16.5. The number of methoxy groups -OCH3 is 1. The van der Waals surface area contributed by atoms with Crippen LogP contribution in [0.1, 0.15) is 46.5 Å². The fourth-order valence-corrected chi connectivity index (χ4v) is 1.76. The maximum absolute atomic E-state index is 11.7. The maximum atomic E-state index is 11.7. The number of esters is 1. The van der Waals surface area contributed by atoms with Crippen LogP contribution in [0, 0.1) is 5.41 Å². The van der Waals surface area contributed by atoms with Crippen molar-refractivity contribution in [3.05, 3.63) is 24.3 Å². The molecular formula is C14H24O2. The molecule has 0 fully saturated rings. The second kappa shape index (κ2) is 7.26. The number of hydrogen-bond acceptors (Lipinski definition) is 2. The molecule has 16 heavy (non-hydrogen) atoms. The highest BCUT2D eigenvalue weighted by molar-refractivity contribution is 5.78. The molecular weight excluding hydrogens is 200 g/mol. The summed E-state index contributed by atoms with van der Waals surface area (Å²) in [6.07, 6.45) is 7.48. The van der Waals surface area contributed by atoms with E-state index in [0.717, 1.165) is 25.7 Å². The van der Waals surface area contributed by atoms with Crippen LogP contribution in [0.4, 0.5) is 0 Å². The summed E-state index contributed by atoms with van der Waals surface area (Å²) in [5.41, 5.74) is 0.823. The first-order valence-electron chi connectivity index (χ1n) is 5.87. The summed E-state index contributed by atoms with van der Waals surface area (Å²) in [4.78, 5) is 11.7. The lowest BCUT2D eigenvalue weighted by Crippen LogP contribution is -2.29. The van der Waals surface area contributed by atoms with E-state index in [0.29, 0.717) is 0 Å². The molecule has 1 unspecified atom stereocenters. The Labute approximate surface area is 99.4 Å². The standard InChI is InChI=1S/C14H24O2/c1-6-14(7-2,13(15)16-5)11-9-8-10-12(3)4/h6,10H,1,7-9,11H2,2-5H3. The van der Waals surface area contributed by atoms with Crippen molar-refractivity contribution in [2.45, 2.75) is 46.5 Å². The third kappa shape index (κ3) is 4.21. The second-order valence-electron chi connectivity index (χ2n) is 4.38. The smallest absolute Gasteiger partial charge is 0.315 e. The van der Waals surface area contributed by atoms with E-state index >= 15 is 0 Å². The average Bonchev–Trinajstić information content (AvgIpc) is 2.29. The minimum atomic E-state index is -0.496. The van der Waals surface area contributed by atoms with E-state index in [1.54, 1.807) is 6.08 Å². The van der Waals surface area contributed by atoms with Crippen molar-refractivity contribution in [3.8, 4) is 0 Å². The minimum Gasteiger partial charge on any atom is -0.468 e. The van der Waals surface area contributed by atoms with E-state index in [2.05, 4.69) is 26.5 Å². The first kappa shape index (κ1) is 14.9. The molecule has 0 spiro atoms. The highest BCUT2D eigenvalue weighted by Crippen LogP contribution is 2.31. The van der Waals surface area contributed by atoms with Crippen LogP contribution in [0.5, 0.6) is 0 Å². The average molecular weight is 224 g/mol. The van der Waals surface area contributed by atoms with Gasteiger partial charge in [-0.1, -0.05) is 24.6 Å². The first-order chi connectivity index (χ1) is 7.52. The Morgan fingerprint density at radius 2 is 2.06 bits per heavy atom. The molecule has 0 aliphatic rings. The van der Waals surface area contributed by atoms with Crippen molar-refractivity contribution < 1.29 is 9.53 Å². The van der Waals surface area contributed by atoms with Crippen molar-refractivity contribution in [2.24, 2.45) is 5.41 Å². The topological polar surface area (TPSA) is 26.3 Å². The minimum absolute atomic E-state index is 0.165. The highest BCUT2D eigenvalue weighted by Gasteiger charge is 2.33. The van der Waals surface area contributed by atoms with Gasteiger partial charge in [0.1, 0.15) is 0 Å². The van der Waals surface area contributed by atoms with Crippen LogP contribution in [0.25, 0.3) is 0 Å². The molecule has 0 aromatic rings. The third-order valence-electron chi connectivity index (χ3n) is 2.99. The van der Waals surface area contributed by atoms with Gasteiger partial charge in [-0.3, -0.25) is 4.79 Å². The van der Waals surface area contributed by atoms with Gasteiger partial charge in [0.25, 0.3) is 0 Å². The van der Waals surface area contributed by atoms with Gasteiger partial charge in [-0.05, 0) is 39.5 Å². The summed E-state index contributed by atoms with van der Waals surface area (Å²) in [7, 11) is 1.44. The lowest BCUT2D eigenvalue weighted by atomic mass is 9.80. The molecule has 0 aromatic heterocycles. The Morgan fingerprint density at radius 3 is 2.44 bits per heavy atom. The second-order valence-corrected chi connectivity index (χ2v) is 4.38. The van der Waals surface area contributed by atoms with Crippen molar-refractivity contribution in [3.63, 3.8) is 0 Å². The van der Waals surface area contributed by atoms with Gasteiger partial charge in [-0.2, -0.15) is 0 Å². The lowest BCUT2D eigenvalue weighted by molar-refractivity contribution is -0.150. The number of ether oxygens (including phenoxy) is 1. The molecule has 0 saturated carbocycles. The molecule has 1 atom stereocenters. The summed E-state index contributed by atoms with van der Waals surface area (Å²) in [5, 5.41) is 0. The number of allylic oxidation sites excluding steroid dienone is 2. The molecule has 0 radical (unpaired) electrons. The molecule has 0 aliphatic carbocycles. The van der Waals surface area contributed by atoms with Crippen LogP contribution >= 0.6 is 0 Å². The van der Waals surface area contributed by atoms with E-state index in [1.165, 1.54) is 12.7 Å². The van der Waals surface area contributed by atoms with Gasteiger partial charge < -0.3 is 4.74 Å². The van der Waals surface area contributed by atoms with Gasteiger partial charge in [0.2, 0.25) is 0 Å². The summed E-state index contributed by atoms with van der Waals surface area (Å²) in [6, 6.07) is 0. The number of unbranched alkanes of at least 4 members (excludes halogenated alkanes) is 1. The van der Waals surface area contributed by atoms with Gasteiger partial charge in [0.05, 0.1) is 12.5 Å². The van der Waals surface area contributed by atoms with Gasteiger partial charge in [-0.25, -0.2) is 0 Å². The summed E-state index contributed by atoms with van der Waals surface area (Å²) >= 11 is 0. The molecule has 0 bridgehead atoms. The van der Waals surface area contributed by atoms with E-state index < -0.39 is 5.41 Å². The molecule has 0 rings (SSSR count). The Kier molecular flexibility index (Phi) is 6.78. The van der Waals surface area contributed by atoms with Gasteiger partial charge in [0, 0.05) is 0 Å². The maximum Gasteiger partial charge on any atom is 0.315 e. The molecule has 0 N–H and O–H groups in total.